The minimum Gasteiger partial charge on any atom is -0.486 e. The quantitative estimate of drug-likeness (QED) is 0.654. The maximum absolute atomic E-state index is 13.1. The summed E-state index contributed by atoms with van der Waals surface area (Å²) >= 11 is 0. The van der Waals surface area contributed by atoms with Crippen molar-refractivity contribution in [3.05, 3.63) is 77.9 Å². The Hall–Kier alpha value is -3.61. The molecule has 0 saturated heterocycles. The van der Waals surface area contributed by atoms with Gasteiger partial charge in [-0.15, -0.1) is 0 Å². The zero-order valence-corrected chi connectivity index (χ0v) is 16.0. The number of ether oxygens (including phenoxy) is 2. The minimum atomic E-state index is -0.292. The third-order valence-corrected chi connectivity index (χ3v) is 4.64. The molecule has 1 aromatic heterocycles. The first-order valence-corrected chi connectivity index (χ1v) is 9.42. The highest BCUT2D eigenvalue weighted by Crippen LogP contribution is 2.31. The Morgan fingerprint density at radius 3 is 2.62 bits per heavy atom. The van der Waals surface area contributed by atoms with Gasteiger partial charge in [0.25, 0.3) is 5.91 Å². The molecule has 0 fully saturated rings. The topological polar surface area (TPSA) is 82.5 Å². The molecule has 0 unspecified atom stereocenters. The standard InChI is InChI=1S/C22H21N3O4/c1-15(13-25-9-8-23-14-25)24-22(27)18-5-3-2-4-17(18)21(26)16-6-7-19-20(12-16)29-11-10-28-19/h2-9,12,14-15H,10-11,13H2,1H3,(H,24,27)/t15-/m0/s1. The van der Waals surface area contributed by atoms with Gasteiger partial charge in [0.15, 0.2) is 17.3 Å². The highest BCUT2D eigenvalue weighted by atomic mass is 16.6. The first-order chi connectivity index (χ1) is 14.1. The van der Waals surface area contributed by atoms with Crippen molar-refractivity contribution in [2.75, 3.05) is 13.2 Å². The number of imidazole rings is 1. The number of amides is 1. The molecule has 2 heterocycles. The van der Waals surface area contributed by atoms with Crippen LogP contribution in [-0.4, -0.2) is 40.5 Å². The van der Waals surface area contributed by atoms with Gasteiger partial charge < -0.3 is 19.4 Å². The molecule has 4 rings (SSSR count). The summed E-state index contributed by atoms with van der Waals surface area (Å²) < 4.78 is 13.0. The van der Waals surface area contributed by atoms with Gasteiger partial charge in [0.05, 0.1) is 11.9 Å². The number of fused-ring (bicyclic) bond motifs is 1. The van der Waals surface area contributed by atoms with Crippen LogP contribution in [0.3, 0.4) is 0 Å². The van der Waals surface area contributed by atoms with E-state index >= 15 is 0 Å². The summed E-state index contributed by atoms with van der Waals surface area (Å²) in [6.45, 7) is 3.42. The van der Waals surface area contributed by atoms with E-state index in [0.29, 0.717) is 47.9 Å². The molecular formula is C22H21N3O4. The molecule has 1 atom stereocenters. The number of nitrogens with zero attached hydrogens (tertiary/aromatic N) is 2. The number of aromatic nitrogens is 2. The molecule has 7 heteroatoms. The number of carbonyl (C=O) groups excluding carboxylic acids is 2. The molecule has 0 radical (unpaired) electrons. The highest BCUT2D eigenvalue weighted by molar-refractivity contribution is 6.15. The van der Waals surface area contributed by atoms with Crippen LogP contribution in [0.15, 0.2) is 61.2 Å². The second-order valence-electron chi connectivity index (χ2n) is 6.87. The normalized spacial score (nSPS) is 13.6. The summed E-state index contributed by atoms with van der Waals surface area (Å²) in [5.41, 5.74) is 1.13. The van der Waals surface area contributed by atoms with Crippen LogP contribution in [0.4, 0.5) is 0 Å². The smallest absolute Gasteiger partial charge is 0.252 e. The van der Waals surface area contributed by atoms with Crippen LogP contribution in [0.1, 0.15) is 33.2 Å². The van der Waals surface area contributed by atoms with Crippen LogP contribution in [0.5, 0.6) is 11.5 Å². The van der Waals surface area contributed by atoms with E-state index in [1.165, 1.54) is 0 Å². The van der Waals surface area contributed by atoms with E-state index in [0.717, 1.165) is 0 Å². The average Bonchev–Trinajstić information content (AvgIpc) is 3.25. The Balaban J connectivity index is 1.54. The van der Waals surface area contributed by atoms with E-state index in [4.69, 9.17) is 9.47 Å². The summed E-state index contributed by atoms with van der Waals surface area (Å²) in [5.74, 6) is 0.624. The number of nitrogens with one attached hydrogen (secondary N) is 1. The zero-order valence-electron chi connectivity index (χ0n) is 16.0. The Morgan fingerprint density at radius 1 is 1.10 bits per heavy atom. The molecule has 0 bridgehead atoms. The molecule has 1 aliphatic heterocycles. The minimum absolute atomic E-state index is 0.130. The van der Waals surface area contributed by atoms with Gasteiger partial charge in [-0.05, 0) is 31.2 Å². The van der Waals surface area contributed by atoms with Crippen molar-refractivity contribution >= 4 is 11.7 Å². The highest BCUT2D eigenvalue weighted by Gasteiger charge is 2.21. The van der Waals surface area contributed by atoms with Gasteiger partial charge in [-0.2, -0.15) is 0 Å². The molecule has 0 saturated carbocycles. The first-order valence-electron chi connectivity index (χ1n) is 9.42. The third kappa shape index (κ3) is 4.13. The van der Waals surface area contributed by atoms with E-state index in [-0.39, 0.29) is 17.7 Å². The van der Waals surface area contributed by atoms with Crippen LogP contribution in [0.2, 0.25) is 0 Å². The lowest BCUT2D eigenvalue weighted by atomic mass is 9.97. The monoisotopic (exact) mass is 391 g/mol. The van der Waals surface area contributed by atoms with Crippen molar-refractivity contribution in [1.29, 1.82) is 0 Å². The van der Waals surface area contributed by atoms with Crippen molar-refractivity contribution in [2.24, 2.45) is 0 Å². The molecule has 3 aromatic rings. The molecule has 1 amide bonds. The maximum Gasteiger partial charge on any atom is 0.252 e. The SMILES string of the molecule is C[C@@H](Cn1ccnc1)NC(=O)c1ccccc1C(=O)c1ccc2c(c1)OCCO2. The van der Waals surface area contributed by atoms with Crippen molar-refractivity contribution in [1.82, 2.24) is 14.9 Å². The first kappa shape index (κ1) is 18.7. The van der Waals surface area contributed by atoms with Gasteiger partial charge in [-0.1, -0.05) is 18.2 Å². The predicted octanol–water partition coefficient (Wildman–Crippen LogP) is 2.70. The fourth-order valence-corrected chi connectivity index (χ4v) is 3.28. The van der Waals surface area contributed by atoms with Crippen molar-refractivity contribution in [2.45, 2.75) is 19.5 Å². The molecular weight excluding hydrogens is 370 g/mol. The Morgan fingerprint density at radius 2 is 1.86 bits per heavy atom. The lowest BCUT2D eigenvalue weighted by molar-refractivity contribution is 0.0926. The van der Waals surface area contributed by atoms with Crippen molar-refractivity contribution in [3.8, 4) is 11.5 Å². The summed E-state index contributed by atoms with van der Waals surface area (Å²) in [7, 11) is 0. The summed E-state index contributed by atoms with van der Waals surface area (Å²) in [6.07, 6.45) is 5.22. The van der Waals surface area contributed by atoms with Crippen molar-refractivity contribution in [3.63, 3.8) is 0 Å². The number of rotatable bonds is 6. The van der Waals surface area contributed by atoms with Gasteiger partial charge in [-0.25, -0.2) is 4.98 Å². The number of hydrogen-bond acceptors (Lipinski definition) is 5. The number of benzene rings is 2. The molecule has 2 aromatic carbocycles. The third-order valence-electron chi connectivity index (χ3n) is 4.64. The van der Waals surface area contributed by atoms with Crippen LogP contribution < -0.4 is 14.8 Å². The molecule has 148 valence electrons. The number of carbonyl (C=O) groups is 2. The van der Waals surface area contributed by atoms with Gasteiger partial charge >= 0.3 is 0 Å². The van der Waals surface area contributed by atoms with Gasteiger partial charge in [-0.3, -0.25) is 9.59 Å². The zero-order chi connectivity index (χ0) is 20.2. The van der Waals surface area contributed by atoms with E-state index in [2.05, 4.69) is 10.3 Å². The second kappa shape index (κ2) is 8.18. The Labute approximate surface area is 168 Å². The van der Waals surface area contributed by atoms with E-state index < -0.39 is 0 Å². The fourth-order valence-electron chi connectivity index (χ4n) is 3.28. The number of ketones is 1. The molecule has 0 aliphatic carbocycles. The van der Waals surface area contributed by atoms with Gasteiger partial charge in [0, 0.05) is 36.1 Å². The lowest BCUT2D eigenvalue weighted by Gasteiger charge is -2.19. The molecule has 29 heavy (non-hydrogen) atoms. The second-order valence-corrected chi connectivity index (χ2v) is 6.87. The molecule has 7 nitrogen and oxygen atoms in total. The predicted molar refractivity (Wildman–Crippen MR) is 106 cm³/mol. The summed E-state index contributed by atoms with van der Waals surface area (Å²) in [6, 6.07) is 11.7. The van der Waals surface area contributed by atoms with E-state index in [1.54, 1.807) is 55.0 Å². The van der Waals surface area contributed by atoms with E-state index in [1.807, 2.05) is 17.7 Å². The lowest BCUT2D eigenvalue weighted by Crippen LogP contribution is -2.36. The summed E-state index contributed by atoms with van der Waals surface area (Å²) in [4.78, 5) is 30.0. The largest absolute Gasteiger partial charge is 0.486 e. The Bertz CT molecular complexity index is 1030. The van der Waals surface area contributed by atoms with Crippen LogP contribution >= 0.6 is 0 Å². The van der Waals surface area contributed by atoms with Crippen LogP contribution in [0, 0.1) is 0 Å². The Kier molecular flexibility index (Phi) is 5.29. The van der Waals surface area contributed by atoms with Crippen molar-refractivity contribution < 1.29 is 19.1 Å². The van der Waals surface area contributed by atoms with Gasteiger partial charge in [0.2, 0.25) is 0 Å². The fraction of sp³-hybridized carbons (Fsp3) is 0.227. The maximum atomic E-state index is 13.1. The van der Waals surface area contributed by atoms with E-state index in [9.17, 15) is 9.59 Å². The van der Waals surface area contributed by atoms with Gasteiger partial charge in [0.1, 0.15) is 13.2 Å². The number of hydrogen-bond donors (Lipinski definition) is 1. The molecule has 1 N–H and O–H groups in total. The molecule has 1 aliphatic rings. The molecule has 0 spiro atoms. The summed E-state index contributed by atoms with van der Waals surface area (Å²) in [5, 5.41) is 2.95. The van der Waals surface area contributed by atoms with Crippen LogP contribution in [-0.2, 0) is 6.54 Å². The van der Waals surface area contributed by atoms with Crippen LogP contribution in [0.25, 0.3) is 0 Å². The average molecular weight is 391 g/mol.